The highest BCUT2D eigenvalue weighted by Gasteiger charge is 2.07. The Morgan fingerprint density at radius 2 is 2.15 bits per heavy atom. The maximum atomic E-state index is 4.45. The lowest BCUT2D eigenvalue weighted by Crippen LogP contribution is -2.08. The maximum Gasteiger partial charge on any atom is 0.180 e. The molecule has 6 heteroatoms. The van der Waals surface area contributed by atoms with Crippen LogP contribution in [0.3, 0.4) is 0 Å². The minimum absolute atomic E-state index is 0.722. The van der Waals surface area contributed by atoms with Gasteiger partial charge in [-0.05, 0) is 34.1 Å². The number of benzene rings is 1. The number of aromatic nitrogens is 3. The van der Waals surface area contributed by atoms with Crippen LogP contribution in [-0.4, -0.2) is 28.5 Å². The summed E-state index contributed by atoms with van der Waals surface area (Å²) in [5, 5.41) is 3.32. The van der Waals surface area contributed by atoms with Gasteiger partial charge >= 0.3 is 0 Å². The largest absolute Gasteiger partial charge is 0.378 e. The average molecular weight is 332 g/mol. The lowest BCUT2D eigenvalue weighted by Gasteiger charge is -2.14. The van der Waals surface area contributed by atoms with Gasteiger partial charge < -0.3 is 14.6 Å². The second-order valence-electron chi connectivity index (χ2n) is 4.64. The van der Waals surface area contributed by atoms with Gasteiger partial charge in [0.2, 0.25) is 0 Å². The van der Waals surface area contributed by atoms with Gasteiger partial charge in [0.05, 0.1) is 0 Å². The first-order chi connectivity index (χ1) is 9.63. The first-order valence-corrected chi connectivity index (χ1v) is 6.96. The fraction of sp³-hybridized carbons (Fsp3) is 0.143. The molecule has 0 aliphatic rings. The minimum atomic E-state index is 0.722. The Kier molecular flexibility index (Phi) is 3.31. The fourth-order valence-corrected chi connectivity index (χ4v) is 2.38. The van der Waals surface area contributed by atoms with Crippen LogP contribution in [0.1, 0.15) is 0 Å². The van der Waals surface area contributed by atoms with Gasteiger partial charge in [0.25, 0.3) is 0 Å². The van der Waals surface area contributed by atoms with E-state index in [1.54, 1.807) is 6.20 Å². The lowest BCUT2D eigenvalue weighted by molar-refractivity contribution is 1.10. The molecule has 0 amide bonds. The third-order valence-corrected chi connectivity index (χ3v) is 3.35. The summed E-state index contributed by atoms with van der Waals surface area (Å²) >= 11 is 3.41. The van der Waals surface area contributed by atoms with Crippen LogP contribution in [0.25, 0.3) is 5.65 Å². The quantitative estimate of drug-likeness (QED) is 0.799. The second-order valence-corrected chi connectivity index (χ2v) is 5.45. The summed E-state index contributed by atoms with van der Waals surface area (Å²) < 4.78 is 2.68. The van der Waals surface area contributed by atoms with Crippen molar-refractivity contribution in [1.29, 1.82) is 0 Å². The van der Waals surface area contributed by atoms with E-state index < -0.39 is 0 Å². The number of nitrogens with zero attached hydrogens (tertiary/aromatic N) is 4. The predicted molar refractivity (Wildman–Crippen MR) is 84.7 cm³/mol. The van der Waals surface area contributed by atoms with Crippen LogP contribution >= 0.6 is 15.9 Å². The van der Waals surface area contributed by atoms with Crippen molar-refractivity contribution < 1.29 is 0 Å². The van der Waals surface area contributed by atoms with Crippen molar-refractivity contribution in [2.24, 2.45) is 0 Å². The van der Waals surface area contributed by atoms with Crippen molar-refractivity contribution in [3.05, 3.63) is 47.5 Å². The van der Waals surface area contributed by atoms with E-state index in [0.717, 1.165) is 27.4 Å². The summed E-state index contributed by atoms with van der Waals surface area (Å²) in [5.41, 5.74) is 2.90. The minimum Gasteiger partial charge on any atom is -0.378 e. The zero-order valence-electron chi connectivity index (χ0n) is 11.2. The summed E-state index contributed by atoms with van der Waals surface area (Å²) in [6, 6.07) is 8.15. The summed E-state index contributed by atoms with van der Waals surface area (Å²) in [4.78, 5) is 10.8. The second kappa shape index (κ2) is 5.13. The molecule has 0 bridgehead atoms. The van der Waals surface area contributed by atoms with Crippen LogP contribution in [0, 0.1) is 0 Å². The summed E-state index contributed by atoms with van der Waals surface area (Å²) in [6.45, 7) is 0. The third-order valence-electron chi connectivity index (χ3n) is 2.97. The Balaban J connectivity index is 2.00. The topological polar surface area (TPSA) is 45.5 Å². The standard InChI is InChI=1S/C14H14BrN5/c1-19(2)11-5-3-4-10(8-11)17-13-14-16-6-7-20(14)9-12(15)18-13/h3-9H,1-2H3,(H,17,18). The van der Waals surface area contributed by atoms with Crippen LogP contribution in [-0.2, 0) is 0 Å². The Labute approximate surface area is 125 Å². The van der Waals surface area contributed by atoms with Crippen molar-refractivity contribution in [2.75, 3.05) is 24.3 Å². The third kappa shape index (κ3) is 2.46. The van der Waals surface area contributed by atoms with Crippen molar-refractivity contribution in [3.63, 3.8) is 0 Å². The van der Waals surface area contributed by atoms with Crippen molar-refractivity contribution in [2.45, 2.75) is 0 Å². The predicted octanol–water partition coefficient (Wildman–Crippen LogP) is 3.30. The molecule has 3 rings (SSSR count). The van der Waals surface area contributed by atoms with Gasteiger partial charge in [0.15, 0.2) is 11.5 Å². The summed E-state index contributed by atoms with van der Waals surface area (Å²) in [6.07, 6.45) is 5.53. The van der Waals surface area contributed by atoms with Crippen molar-refractivity contribution in [1.82, 2.24) is 14.4 Å². The van der Waals surface area contributed by atoms with E-state index in [1.807, 2.05) is 43.0 Å². The highest BCUT2D eigenvalue weighted by Crippen LogP contribution is 2.24. The molecule has 2 aromatic heterocycles. The molecule has 0 atom stereocenters. The van der Waals surface area contributed by atoms with Gasteiger partial charge in [0, 0.05) is 44.1 Å². The first-order valence-electron chi connectivity index (χ1n) is 6.17. The zero-order valence-corrected chi connectivity index (χ0v) is 12.8. The van der Waals surface area contributed by atoms with Crippen LogP contribution in [0.5, 0.6) is 0 Å². The molecule has 0 aliphatic carbocycles. The molecule has 0 fully saturated rings. The zero-order chi connectivity index (χ0) is 14.1. The number of imidazole rings is 1. The van der Waals surface area contributed by atoms with Gasteiger partial charge in [-0.25, -0.2) is 9.97 Å². The number of halogens is 1. The molecule has 0 saturated heterocycles. The molecule has 3 aromatic rings. The average Bonchev–Trinajstić information content (AvgIpc) is 2.87. The number of rotatable bonds is 3. The van der Waals surface area contributed by atoms with E-state index in [-0.39, 0.29) is 0 Å². The van der Waals surface area contributed by atoms with Crippen LogP contribution in [0.2, 0.25) is 0 Å². The highest BCUT2D eigenvalue weighted by molar-refractivity contribution is 9.10. The van der Waals surface area contributed by atoms with Gasteiger partial charge in [-0.2, -0.15) is 0 Å². The maximum absolute atomic E-state index is 4.45. The molecule has 0 radical (unpaired) electrons. The summed E-state index contributed by atoms with van der Waals surface area (Å²) in [7, 11) is 4.03. The molecule has 5 nitrogen and oxygen atoms in total. The smallest absolute Gasteiger partial charge is 0.180 e. The molecular formula is C14H14BrN5. The van der Waals surface area contributed by atoms with E-state index >= 15 is 0 Å². The molecule has 102 valence electrons. The molecular weight excluding hydrogens is 318 g/mol. The Hall–Kier alpha value is -2.08. The number of hydrogen-bond acceptors (Lipinski definition) is 4. The van der Waals surface area contributed by atoms with Gasteiger partial charge in [-0.15, -0.1) is 0 Å². The Morgan fingerprint density at radius 1 is 1.30 bits per heavy atom. The van der Waals surface area contributed by atoms with E-state index in [2.05, 4.69) is 48.2 Å². The monoisotopic (exact) mass is 331 g/mol. The van der Waals surface area contributed by atoms with Crippen LogP contribution in [0.15, 0.2) is 47.5 Å². The van der Waals surface area contributed by atoms with E-state index in [4.69, 9.17) is 0 Å². The molecule has 0 saturated carbocycles. The van der Waals surface area contributed by atoms with Gasteiger partial charge in [0.1, 0.15) is 4.60 Å². The Bertz CT molecular complexity index is 750. The van der Waals surface area contributed by atoms with E-state index in [9.17, 15) is 0 Å². The number of fused-ring (bicyclic) bond motifs is 1. The molecule has 2 heterocycles. The lowest BCUT2D eigenvalue weighted by atomic mass is 10.2. The van der Waals surface area contributed by atoms with Gasteiger partial charge in [-0.1, -0.05) is 6.07 Å². The summed E-state index contributed by atoms with van der Waals surface area (Å²) in [5.74, 6) is 0.722. The van der Waals surface area contributed by atoms with Crippen LogP contribution < -0.4 is 10.2 Å². The molecule has 1 aromatic carbocycles. The molecule has 20 heavy (non-hydrogen) atoms. The molecule has 0 unspecified atom stereocenters. The normalized spacial score (nSPS) is 10.8. The fourth-order valence-electron chi connectivity index (χ4n) is 1.98. The van der Waals surface area contributed by atoms with Crippen LogP contribution in [0.4, 0.5) is 17.2 Å². The Morgan fingerprint density at radius 3 is 2.95 bits per heavy atom. The van der Waals surface area contributed by atoms with E-state index in [0.29, 0.717) is 0 Å². The van der Waals surface area contributed by atoms with E-state index in [1.165, 1.54) is 0 Å². The first kappa shape index (κ1) is 12.9. The highest BCUT2D eigenvalue weighted by atomic mass is 79.9. The van der Waals surface area contributed by atoms with Gasteiger partial charge in [-0.3, -0.25) is 0 Å². The molecule has 0 spiro atoms. The van der Waals surface area contributed by atoms with Crippen molar-refractivity contribution in [3.8, 4) is 0 Å². The SMILES string of the molecule is CN(C)c1cccc(Nc2nc(Br)cn3ccnc23)c1. The molecule has 1 N–H and O–H groups in total. The number of anilines is 3. The number of hydrogen-bond donors (Lipinski definition) is 1. The molecule has 0 aliphatic heterocycles. The number of nitrogens with one attached hydrogen (secondary N) is 1. The van der Waals surface area contributed by atoms with Crippen molar-refractivity contribution >= 4 is 38.8 Å².